The van der Waals surface area contributed by atoms with Crippen molar-refractivity contribution in [3.8, 4) is 0 Å². The Bertz CT molecular complexity index is 344. The maximum absolute atomic E-state index is 5.24. The minimum Gasteiger partial charge on any atom is -0.372 e. The van der Waals surface area contributed by atoms with Gasteiger partial charge in [-0.05, 0) is 12.2 Å². The predicted octanol–water partition coefficient (Wildman–Crippen LogP) is 5.04. The minimum atomic E-state index is 0.595. The van der Waals surface area contributed by atoms with Crippen LogP contribution in [0.3, 0.4) is 0 Å². The van der Waals surface area contributed by atoms with Gasteiger partial charge in [0.15, 0.2) is 0 Å². The average molecular weight is 475 g/mol. The fourth-order valence-electron chi connectivity index (χ4n) is 2.37. The van der Waals surface area contributed by atoms with E-state index in [9.17, 15) is 0 Å². The maximum atomic E-state index is 5.24. The number of hydrogen-bond acceptors (Lipinski definition) is 8. The summed E-state index contributed by atoms with van der Waals surface area (Å²) in [5.41, 5.74) is 0. The molecule has 3 saturated heterocycles. The Balaban J connectivity index is 1.07. The SMILES string of the molecule is C(CSCC1CO1)SCCC1CSC(CSCCSCC2CS2)CS1. The molecular formula is C17H30OS7. The van der Waals surface area contributed by atoms with E-state index >= 15 is 0 Å². The number of hydrogen-bond donors (Lipinski definition) is 0. The summed E-state index contributed by atoms with van der Waals surface area (Å²) in [5, 5.41) is 2.83. The van der Waals surface area contributed by atoms with Crippen molar-refractivity contribution < 1.29 is 4.74 Å². The Kier molecular flexibility index (Phi) is 12.0. The van der Waals surface area contributed by atoms with Crippen LogP contribution in [0, 0.1) is 0 Å². The van der Waals surface area contributed by atoms with Crippen LogP contribution in [0.5, 0.6) is 0 Å². The molecule has 0 spiro atoms. The summed E-state index contributed by atoms with van der Waals surface area (Å²) in [6.07, 6.45) is 2.01. The summed E-state index contributed by atoms with van der Waals surface area (Å²) < 4.78 is 5.24. The van der Waals surface area contributed by atoms with E-state index in [0.29, 0.717) is 6.10 Å². The molecule has 3 rings (SSSR count). The fourth-order valence-corrected chi connectivity index (χ4v) is 11.5. The lowest BCUT2D eigenvalue weighted by Gasteiger charge is -2.27. The van der Waals surface area contributed by atoms with Crippen LogP contribution in [0.25, 0.3) is 0 Å². The van der Waals surface area contributed by atoms with Gasteiger partial charge in [-0.15, -0.1) is 0 Å². The van der Waals surface area contributed by atoms with Crippen molar-refractivity contribution in [1.29, 1.82) is 0 Å². The van der Waals surface area contributed by atoms with E-state index < -0.39 is 0 Å². The van der Waals surface area contributed by atoms with Gasteiger partial charge in [-0.2, -0.15) is 82.3 Å². The van der Waals surface area contributed by atoms with Gasteiger partial charge in [-0.1, -0.05) is 0 Å². The van der Waals surface area contributed by atoms with E-state index in [4.69, 9.17) is 4.74 Å². The zero-order valence-electron chi connectivity index (χ0n) is 14.8. The molecule has 4 unspecified atom stereocenters. The van der Waals surface area contributed by atoms with Crippen molar-refractivity contribution >= 4 is 82.3 Å². The van der Waals surface area contributed by atoms with Gasteiger partial charge in [0.05, 0.1) is 12.7 Å². The van der Waals surface area contributed by atoms with Gasteiger partial charge in [0.2, 0.25) is 0 Å². The molecule has 0 N–H and O–H groups in total. The Morgan fingerprint density at radius 2 is 1.16 bits per heavy atom. The second-order valence-electron chi connectivity index (χ2n) is 6.45. The minimum absolute atomic E-state index is 0.595. The lowest BCUT2D eigenvalue weighted by atomic mass is 10.4. The molecule has 0 aliphatic carbocycles. The zero-order chi connectivity index (χ0) is 17.2. The van der Waals surface area contributed by atoms with Crippen LogP contribution in [0.15, 0.2) is 0 Å². The molecular weight excluding hydrogens is 445 g/mol. The summed E-state index contributed by atoms with van der Waals surface area (Å²) in [6.45, 7) is 1.01. The lowest BCUT2D eigenvalue weighted by Crippen LogP contribution is -2.23. The molecule has 0 bridgehead atoms. The van der Waals surface area contributed by atoms with Gasteiger partial charge in [0, 0.05) is 73.3 Å². The highest BCUT2D eigenvalue weighted by molar-refractivity contribution is 8.09. The van der Waals surface area contributed by atoms with Gasteiger partial charge >= 0.3 is 0 Å². The second kappa shape index (κ2) is 13.6. The number of epoxide rings is 1. The number of ether oxygens (including phenoxy) is 1. The number of rotatable bonds is 15. The average Bonchev–Trinajstić information content (AvgIpc) is 3.53. The molecule has 0 amide bonds. The molecule has 25 heavy (non-hydrogen) atoms. The third-order valence-corrected chi connectivity index (χ3v) is 13.7. The van der Waals surface area contributed by atoms with Crippen molar-refractivity contribution in [3.63, 3.8) is 0 Å². The summed E-state index contributed by atoms with van der Waals surface area (Å²) in [7, 11) is 0. The third kappa shape index (κ3) is 11.2. The van der Waals surface area contributed by atoms with E-state index in [2.05, 4.69) is 82.3 Å². The summed E-state index contributed by atoms with van der Waals surface area (Å²) in [5.74, 6) is 14.9. The first-order chi connectivity index (χ1) is 12.4. The number of thioether (sulfide) groups is 7. The van der Waals surface area contributed by atoms with E-state index in [1.165, 1.54) is 69.7 Å². The van der Waals surface area contributed by atoms with Crippen molar-refractivity contribution in [2.45, 2.75) is 28.3 Å². The molecule has 3 aliphatic rings. The van der Waals surface area contributed by atoms with Crippen LogP contribution in [-0.4, -0.2) is 91.7 Å². The van der Waals surface area contributed by atoms with Gasteiger partial charge in [-0.3, -0.25) is 0 Å². The van der Waals surface area contributed by atoms with Crippen LogP contribution in [0.4, 0.5) is 0 Å². The molecule has 8 heteroatoms. The highest BCUT2D eigenvalue weighted by Gasteiger charge is 2.23. The van der Waals surface area contributed by atoms with Crippen molar-refractivity contribution in [3.05, 3.63) is 0 Å². The van der Waals surface area contributed by atoms with Gasteiger partial charge in [0.25, 0.3) is 0 Å². The lowest BCUT2D eigenvalue weighted by molar-refractivity contribution is 0.426. The third-order valence-electron chi connectivity index (χ3n) is 4.08. The zero-order valence-corrected chi connectivity index (χ0v) is 20.5. The molecule has 0 saturated carbocycles. The van der Waals surface area contributed by atoms with Crippen molar-refractivity contribution in [2.75, 3.05) is 69.9 Å². The molecule has 0 aromatic rings. The molecule has 1 nitrogen and oxygen atoms in total. The summed E-state index contributed by atoms with van der Waals surface area (Å²) in [6, 6.07) is 0. The van der Waals surface area contributed by atoms with Crippen LogP contribution in [-0.2, 0) is 4.74 Å². The largest absolute Gasteiger partial charge is 0.372 e. The first-order valence-corrected chi connectivity index (χ1v) is 16.9. The van der Waals surface area contributed by atoms with Crippen LogP contribution in [0.2, 0.25) is 0 Å². The molecule has 3 heterocycles. The maximum Gasteiger partial charge on any atom is 0.0900 e. The highest BCUT2D eigenvalue weighted by atomic mass is 32.2. The van der Waals surface area contributed by atoms with Gasteiger partial charge in [0.1, 0.15) is 0 Å². The monoisotopic (exact) mass is 474 g/mol. The quantitative estimate of drug-likeness (QED) is 0.239. The Morgan fingerprint density at radius 3 is 1.72 bits per heavy atom. The van der Waals surface area contributed by atoms with Crippen molar-refractivity contribution in [2.24, 2.45) is 0 Å². The molecule has 4 atom stereocenters. The standard InChI is InChI=1S/C17H30OS7/c1(2-19-3-4-20-8-14-7-18-14)15-11-24-16(12-23-15)9-21-5-6-22-10-17-13-25-17/h14-17H,1-13H2. The van der Waals surface area contributed by atoms with Gasteiger partial charge in [-0.25, -0.2) is 0 Å². The Morgan fingerprint density at radius 1 is 0.640 bits per heavy atom. The molecule has 146 valence electrons. The fraction of sp³-hybridized carbons (Fsp3) is 1.00. The predicted molar refractivity (Wildman–Crippen MR) is 132 cm³/mol. The van der Waals surface area contributed by atoms with E-state index in [0.717, 1.165) is 22.4 Å². The molecule has 0 aromatic heterocycles. The van der Waals surface area contributed by atoms with E-state index in [1.807, 2.05) is 0 Å². The summed E-state index contributed by atoms with van der Waals surface area (Å²) in [4.78, 5) is 0. The van der Waals surface area contributed by atoms with Gasteiger partial charge < -0.3 is 4.74 Å². The smallest absolute Gasteiger partial charge is 0.0900 e. The first kappa shape index (κ1) is 22.1. The van der Waals surface area contributed by atoms with Crippen LogP contribution >= 0.6 is 82.3 Å². The van der Waals surface area contributed by atoms with Crippen molar-refractivity contribution in [1.82, 2.24) is 0 Å². The van der Waals surface area contributed by atoms with Crippen LogP contribution < -0.4 is 0 Å². The molecule has 3 aliphatic heterocycles. The highest BCUT2D eigenvalue weighted by Crippen LogP contribution is 2.35. The molecule has 0 radical (unpaired) electrons. The second-order valence-corrected chi connectivity index (χ2v) is 15.1. The summed E-state index contributed by atoms with van der Waals surface area (Å²) >= 11 is 15.2. The topological polar surface area (TPSA) is 12.5 Å². The van der Waals surface area contributed by atoms with Crippen LogP contribution in [0.1, 0.15) is 6.42 Å². The van der Waals surface area contributed by atoms with E-state index in [-0.39, 0.29) is 0 Å². The Labute approximate surface area is 184 Å². The normalized spacial score (nSPS) is 31.2. The molecule has 3 fully saturated rings. The first-order valence-electron chi connectivity index (χ1n) is 9.17. The molecule has 0 aromatic carbocycles. The van der Waals surface area contributed by atoms with E-state index in [1.54, 1.807) is 0 Å². The Hall–Kier alpha value is 2.41.